The minimum atomic E-state index is -4.47. The largest absolute Gasteiger partial charge is 0.452 e. The summed E-state index contributed by atoms with van der Waals surface area (Å²) in [7, 11) is 0. The van der Waals surface area contributed by atoms with Gasteiger partial charge in [-0.25, -0.2) is 4.79 Å². The number of alkyl halides is 3. The van der Waals surface area contributed by atoms with Gasteiger partial charge < -0.3 is 10.1 Å². The number of carbonyl (C=O) groups is 2. The number of benzene rings is 2. The van der Waals surface area contributed by atoms with Gasteiger partial charge in [-0.05, 0) is 54.5 Å². The average Bonchev–Trinajstić information content (AvgIpc) is 2.60. The van der Waals surface area contributed by atoms with Crippen molar-refractivity contribution in [1.82, 2.24) is 0 Å². The predicted molar refractivity (Wildman–Crippen MR) is 96.3 cm³/mol. The fraction of sp³-hybridized carbons (Fsp3) is 0.158. The van der Waals surface area contributed by atoms with E-state index in [1.165, 1.54) is 18.2 Å². The smallest absolute Gasteiger partial charge is 0.416 e. The van der Waals surface area contributed by atoms with Crippen LogP contribution in [0.3, 0.4) is 0 Å². The summed E-state index contributed by atoms with van der Waals surface area (Å²) in [6, 6.07) is 9.36. The van der Waals surface area contributed by atoms with E-state index in [2.05, 4.69) is 5.32 Å². The standard InChI is InChI=1S/C19H15ClF3NO3/c1-12-9-15(20)6-7-16(12)24-17(25)11-27-18(26)8-5-13-3-2-4-14(10-13)19(21,22)23/h2-10H,11H2,1H3,(H,24,25)/b8-5+. The molecule has 0 bridgehead atoms. The van der Waals surface area contributed by atoms with E-state index in [0.29, 0.717) is 10.7 Å². The highest BCUT2D eigenvalue weighted by molar-refractivity contribution is 6.30. The van der Waals surface area contributed by atoms with Gasteiger partial charge in [0.2, 0.25) is 0 Å². The van der Waals surface area contributed by atoms with Crippen molar-refractivity contribution in [2.24, 2.45) is 0 Å². The fourth-order valence-corrected chi connectivity index (χ4v) is 2.35. The molecular weight excluding hydrogens is 383 g/mol. The summed E-state index contributed by atoms with van der Waals surface area (Å²) >= 11 is 5.82. The normalized spacial score (nSPS) is 11.4. The van der Waals surface area contributed by atoms with Gasteiger partial charge >= 0.3 is 12.1 Å². The van der Waals surface area contributed by atoms with Crippen molar-refractivity contribution >= 4 is 35.2 Å². The van der Waals surface area contributed by atoms with Crippen molar-refractivity contribution in [2.75, 3.05) is 11.9 Å². The Hall–Kier alpha value is -2.80. The van der Waals surface area contributed by atoms with Crippen LogP contribution in [0.2, 0.25) is 5.02 Å². The van der Waals surface area contributed by atoms with Crippen LogP contribution in [0.5, 0.6) is 0 Å². The van der Waals surface area contributed by atoms with E-state index in [9.17, 15) is 22.8 Å². The third-order valence-corrected chi connectivity index (χ3v) is 3.67. The van der Waals surface area contributed by atoms with Crippen LogP contribution < -0.4 is 5.32 Å². The number of rotatable bonds is 5. The van der Waals surface area contributed by atoms with E-state index in [1.54, 1.807) is 25.1 Å². The Morgan fingerprint density at radius 2 is 1.93 bits per heavy atom. The van der Waals surface area contributed by atoms with Crippen LogP contribution >= 0.6 is 11.6 Å². The summed E-state index contributed by atoms with van der Waals surface area (Å²) in [6.45, 7) is 1.22. The number of carbonyl (C=O) groups excluding carboxylic acids is 2. The topological polar surface area (TPSA) is 55.4 Å². The number of esters is 1. The average molecular weight is 398 g/mol. The Labute approximate surface area is 158 Å². The molecule has 0 saturated carbocycles. The van der Waals surface area contributed by atoms with Crippen LogP contribution in [-0.2, 0) is 20.5 Å². The number of hydrogen-bond acceptors (Lipinski definition) is 3. The minimum Gasteiger partial charge on any atom is -0.452 e. The maximum atomic E-state index is 12.6. The number of aryl methyl sites for hydroxylation is 1. The Morgan fingerprint density at radius 3 is 2.59 bits per heavy atom. The van der Waals surface area contributed by atoms with Gasteiger partial charge in [0.05, 0.1) is 5.56 Å². The summed E-state index contributed by atoms with van der Waals surface area (Å²) in [5.41, 5.74) is 0.630. The molecule has 1 N–H and O–H groups in total. The summed E-state index contributed by atoms with van der Waals surface area (Å²) in [6.07, 6.45) is -2.34. The summed E-state index contributed by atoms with van der Waals surface area (Å²) in [5, 5.41) is 3.09. The van der Waals surface area contributed by atoms with Crippen LogP contribution in [-0.4, -0.2) is 18.5 Å². The number of ether oxygens (including phenoxy) is 1. The zero-order valence-electron chi connectivity index (χ0n) is 14.1. The van der Waals surface area contributed by atoms with Gasteiger partial charge in [-0.1, -0.05) is 23.7 Å². The van der Waals surface area contributed by atoms with Crippen molar-refractivity contribution < 1.29 is 27.5 Å². The lowest BCUT2D eigenvalue weighted by Crippen LogP contribution is -2.20. The van der Waals surface area contributed by atoms with E-state index in [4.69, 9.17) is 16.3 Å². The first-order chi connectivity index (χ1) is 12.6. The van der Waals surface area contributed by atoms with Gasteiger partial charge in [0.15, 0.2) is 6.61 Å². The second kappa shape index (κ2) is 8.73. The summed E-state index contributed by atoms with van der Waals surface area (Å²) in [5.74, 6) is -1.41. The molecule has 1 amide bonds. The lowest BCUT2D eigenvalue weighted by atomic mass is 10.1. The maximum absolute atomic E-state index is 12.6. The molecule has 0 aromatic heterocycles. The van der Waals surface area contributed by atoms with Crippen molar-refractivity contribution in [3.63, 3.8) is 0 Å². The summed E-state index contributed by atoms with van der Waals surface area (Å²) in [4.78, 5) is 23.5. The van der Waals surface area contributed by atoms with E-state index in [0.717, 1.165) is 23.8 Å². The number of amides is 1. The molecule has 0 spiro atoms. The molecule has 0 fully saturated rings. The fourth-order valence-electron chi connectivity index (χ4n) is 2.12. The zero-order chi connectivity index (χ0) is 20.0. The number of halogens is 4. The number of hydrogen-bond donors (Lipinski definition) is 1. The van der Waals surface area contributed by atoms with Gasteiger partial charge in [0, 0.05) is 16.8 Å². The molecule has 8 heteroatoms. The van der Waals surface area contributed by atoms with Crippen molar-refractivity contribution in [1.29, 1.82) is 0 Å². The molecule has 27 heavy (non-hydrogen) atoms. The van der Waals surface area contributed by atoms with Gasteiger partial charge in [-0.2, -0.15) is 13.2 Å². The second-order valence-electron chi connectivity index (χ2n) is 5.57. The van der Waals surface area contributed by atoms with Crippen molar-refractivity contribution in [3.8, 4) is 0 Å². The Kier molecular flexibility index (Phi) is 6.63. The highest BCUT2D eigenvalue weighted by Gasteiger charge is 2.30. The highest BCUT2D eigenvalue weighted by atomic mass is 35.5. The minimum absolute atomic E-state index is 0.183. The molecule has 2 aromatic carbocycles. The molecule has 2 aromatic rings. The molecule has 0 aliphatic heterocycles. The molecule has 0 atom stereocenters. The molecule has 0 unspecified atom stereocenters. The van der Waals surface area contributed by atoms with E-state index < -0.39 is 30.2 Å². The van der Waals surface area contributed by atoms with Crippen LogP contribution in [0, 0.1) is 6.92 Å². The Balaban J connectivity index is 1.88. The number of anilines is 1. The lowest BCUT2D eigenvalue weighted by Gasteiger charge is -2.08. The SMILES string of the molecule is Cc1cc(Cl)ccc1NC(=O)COC(=O)/C=C/c1cccc(C(F)(F)F)c1. The van der Waals surface area contributed by atoms with Gasteiger partial charge in [-0.3, -0.25) is 4.79 Å². The second-order valence-corrected chi connectivity index (χ2v) is 6.01. The zero-order valence-corrected chi connectivity index (χ0v) is 14.9. The lowest BCUT2D eigenvalue weighted by molar-refractivity contribution is -0.142. The Morgan fingerprint density at radius 1 is 1.19 bits per heavy atom. The monoisotopic (exact) mass is 397 g/mol. The quantitative estimate of drug-likeness (QED) is 0.579. The number of nitrogens with one attached hydrogen (secondary N) is 1. The van der Waals surface area contributed by atoms with E-state index in [1.807, 2.05) is 0 Å². The Bertz CT molecular complexity index is 879. The highest BCUT2D eigenvalue weighted by Crippen LogP contribution is 2.29. The molecule has 0 aliphatic rings. The van der Waals surface area contributed by atoms with Crippen LogP contribution in [0.1, 0.15) is 16.7 Å². The van der Waals surface area contributed by atoms with Gasteiger partial charge in [-0.15, -0.1) is 0 Å². The van der Waals surface area contributed by atoms with Crippen LogP contribution in [0.15, 0.2) is 48.5 Å². The predicted octanol–water partition coefficient (Wildman–Crippen LogP) is 4.86. The molecule has 2 rings (SSSR count). The first-order valence-electron chi connectivity index (χ1n) is 7.73. The first kappa shape index (κ1) is 20.5. The third kappa shape index (κ3) is 6.45. The van der Waals surface area contributed by atoms with E-state index >= 15 is 0 Å². The van der Waals surface area contributed by atoms with E-state index in [-0.39, 0.29) is 5.56 Å². The van der Waals surface area contributed by atoms with Crippen molar-refractivity contribution in [3.05, 3.63) is 70.3 Å². The van der Waals surface area contributed by atoms with Crippen LogP contribution in [0.25, 0.3) is 6.08 Å². The molecular formula is C19H15ClF3NO3. The maximum Gasteiger partial charge on any atom is 0.416 e. The summed E-state index contributed by atoms with van der Waals surface area (Å²) < 4.78 is 42.7. The third-order valence-electron chi connectivity index (χ3n) is 3.43. The molecule has 0 heterocycles. The molecule has 4 nitrogen and oxygen atoms in total. The molecule has 142 valence electrons. The first-order valence-corrected chi connectivity index (χ1v) is 8.11. The molecule has 0 aliphatic carbocycles. The van der Waals surface area contributed by atoms with Crippen molar-refractivity contribution in [2.45, 2.75) is 13.1 Å². The molecule has 0 radical (unpaired) electrons. The van der Waals surface area contributed by atoms with Gasteiger partial charge in [0.25, 0.3) is 5.91 Å². The van der Waals surface area contributed by atoms with Gasteiger partial charge in [0.1, 0.15) is 0 Å². The van der Waals surface area contributed by atoms with Crippen LogP contribution in [0.4, 0.5) is 18.9 Å². The molecule has 0 saturated heterocycles.